The zero-order valence-corrected chi connectivity index (χ0v) is 14.5. The summed E-state index contributed by atoms with van der Waals surface area (Å²) < 4.78 is 5.25. The molecule has 0 aliphatic carbocycles. The standard InChI is InChI=1S/C18H18N2O4S/c1-11(17(22)19-10-14-3-2-8-25-14)24-18(23)13-4-6-15-12(9-13)5-7-16(21)20-15/h2-4,6,8-9,11H,5,7,10H2,1H3,(H,19,22)(H,20,21)/t11-/m1/s1. The van der Waals surface area contributed by atoms with Crippen molar-refractivity contribution in [3.63, 3.8) is 0 Å². The molecule has 2 aromatic rings. The summed E-state index contributed by atoms with van der Waals surface area (Å²) in [5, 5.41) is 7.44. The average molecular weight is 358 g/mol. The van der Waals surface area contributed by atoms with Crippen LogP contribution in [0.2, 0.25) is 0 Å². The van der Waals surface area contributed by atoms with Crippen molar-refractivity contribution >= 4 is 34.8 Å². The molecule has 0 bridgehead atoms. The number of aryl methyl sites for hydroxylation is 1. The van der Waals surface area contributed by atoms with E-state index in [0.29, 0.717) is 24.9 Å². The number of ether oxygens (including phenoxy) is 1. The van der Waals surface area contributed by atoms with E-state index in [2.05, 4.69) is 10.6 Å². The summed E-state index contributed by atoms with van der Waals surface area (Å²) in [6.45, 7) is 1.96. The van der Waals surface area contributed by atoms with Crippen LogP contribution in [0.4, 0.5) is 5.69 Å². The van der Waals surface area contributed by atoms with Crippen LogP contribution in [0.15, 0.2) is 35.7 Å². The molecule has 2 amide bonds. The van der Waals surface area contributed by atoms with Crippen LogP contribution in [-0.4, -0.2) is 23.9 Å². The fourth-order valence-corrected chi connectivity index (χ4v) is 3.17. The molecule has 0 saturated heterocycles. The number of benzene rings is 1. The molecule has 0 radical (unpaired) electrons. The number of fused-ring (bicyclic) bond motifs is 1. The molecular weight excluding hydrogens is 340 g/mol. The topological polar surface area (TPSA) is 84.5 Å². The zero-order chi connectivity index (χ0) is 17.8. The van der Waals surface area contributed by atoms with Crippen LogP contribution < -0.4 is 10.6 Å². The Labute approximate surface area is 149 Å². The van der Waals surface area contributed by atoms with Crippen LogP contribution in [0.3, 0.4) is 0 Å². The number of amides is 2. The zero-order valence-electron chi connectivity index (χ0n) is 13.7. The summed E-state index contributed by atoms with van der Waals surface area (Å²) in [7, 11) is 0. The minimum absolute atomic E-state index is 0.0288. The van der Waals surface area contributed by atoms with E-state index in [9.17, 15) is 14.4 Å². The van der Waals surface area contributed by atoms with Gasteiger partial charge >= 0.3 is 5.97 Å². The Hall–Kier alpha value is -2.67. The molecule has 6 nitrogen and oxygen atoms in total. The number of carbonyl (C=O) groups is 3. The van der Waals surface area contributed by atoms with E-state index in [1.807, 2.05) is 17.5 Å². The van der Waals surface area contributed by atoms with Gasteiger partial charge in [0.15, 0.2) is 6.10 Å². The van der Waals surface area contributed by atoms with Gasteiger partial charge in [-0.15, -0.1) is 11.3 Å². The van der Waals surface area contributed by atoms with Crippen molar-refractivity contribution < 1.29 is 19.1 Å². The van der Waals surface area contributed by atoms with Crippen molar-refractivity contribution in [3.8, 4) is 0 Å². The molecule has 0 saturated carbocycles. The lowest BCUT2D eigenvalue weighted by atomic mass is 10.0. The molecule has 130 valence electrons. The highest BCUT2D eigenvalue weighted by Crippen LogP contribution is 2.24. The largest absolute Gasteiger partial charge is 0.449 e. The lowest BCUT2D eigenvalue weighted by Gasteiger charge is -2.18. The van der Waals surface area contributed by atoms with Gasteiger partial charge in [0.2, 0.25) is 5.91 Å². The Morgan fingerprint density at radius 3 is 2.92 bits per heavy atom. The highest BCUT2D eigenvalue weighted by molar-refractivity contribution is 7.09. The van der Waals surface area contributed by atoms with Gasteiger partial charge in [0.25, 0.3) is 5.91 Å². The molecule has 0 unspecified atom stereocenters. The van der Waals surface area contributed by atoms with E-state index in [4.69, 9.17) is 4.74 Å². The minimum Gasteiger partial charge on any atom is -0.449 e. The van der Waals surface area contributed by atoms with Crippen molar-refractivity contribution in [1.29, 1.82) is 0 Å². The fourth-order valence-electron chi connectivity index (χ4n) is 2.52. The van der Waals surface area contributed by atoms with Gasteiger partial charge in [0.05, 0.1) is 12.1 Å². The predicted molar refractivity (Wildman–Crippen MR) is 94.4 cm³/mol. The van der Waals surface area contributed by atoms with Gasteiger partial charge < -0.3 is 15.4 Å². The number of carbonyl (C=O) groups excluding carboxylic acids is 3. The third-order valence-electron chi connectivity index (χ3n) is 3.91. The molecule has 0 spiro atoms. The number of thiophene rings is 1. The molecule has 7 heteroatoms. The normalized spacial score (nSPS) is 14.2. The summed E-state index contributed by atoms with van der Waals surface area (Å²) in [6.07, 6.45) is 0.0924. The monoisotopic (exact) mass is 358 g/mol. The van der Waals surface area contributed by atoms with E-state index >= 15 is 0 Å². The Bertz CT molecular complexity index is 801. The molecule has 1 aliphatic rings. The van der Waals surface area contributed by atoms with Crippen molar-refractivity contribution in [2.45, 2.75) is 32.4 Å². The summed E-state index contributed by atoms with van der Waals surface area (Å²) in [5.74, 6) is -0.927. The van der Waals surface area contributed by atoms with E-state index < -0.39 is 12.1 Å². The number of hydrogen-bond donors (Lipinski definition) is 2. The van der Waals surface area contributed by atoms with Gasteiger partial charge in [-0.3, -0.25) is 9.59 Å². The lowest BCUT2D eigenvalue weighted by Crippen LogP contribution is -2.35. The van der Waals surface area contributed by atoms with Gasteiger partial charge in [-0.25, -0.2) is 4.79 Å². The van der Waals surface area contributed by atoms with Crippen LogP contribution in [0.1, 0.15) is 34.1 Å². The number of hydrogen-bond acceptors (Lipinski definition) is 5. The highest BCUT2D eigenvalue weighted by atomic mass is 32.1. The number of rotatable bonds is 5. The Morgan fingerprint density at radius 1 is 1.32 bits per heavy atom. The minimum atomic E-state index is -0.886. The number of nitrogens with one attached hydrogen (secondary N) is 2. The maximum absolute atomic E-state index is 12.3. The van der Waals surface area contributed by atoms with Crippen molar-refractivity contribution in [2.24, 2.45) is 0 Å². The molecule has 1 aromatic heterocycles. The van der Waals surface area contributed by atoms with Crippen molar-refractivity contribution in [3.05, 3.63) is 51.7 Å². The van der Waals surface area contributed by atoms with Crippen LogP contribution >= 0.6 is 11.3 Å². The molecule has 0 fully saturated rings. The molecule has 2 N–H and O–H groups in total. The maximum atomic E-state index is 12.3. The Balaban J connectivity index is 1.57. The fraction of sp³-hybridized carbons (Fsp3) is 0.278. The van der Waals surface area contributed by atoms with Gasteiger partial charge in [0.1, 0.15) is 0 Å². The van der Waals surface area contributed by atoms with Gasteiger partial charge in [-0.05, 0) is 48.6 Å². The second-order valence-electron chi connectivity index (χ2n) is 5.76. The summed E-state index contributed by atoms with van der Waals surface area (Å²) in [4.78, 5) is 36.7. The first-order valence-corrected chi connectivity index (χ1v) is 8.85. The van der Waals surface area contributed by atoms with E-state index in [-0.39, 0.29) is 11.8 Å². The SMILES string of the molecule is C[C@@H](OC(=O)c1ccc2c(c1)CCC(=O)N2)C(=O)NCc1cccs1. The third-order valence-corrected chi connectivity index (χ3v) is 4.78. The Kier molecular flexibility index (Phi) is 5.14. The molecular formula is C18H18N2O4S. The van der Waals surface area contributed by atoms with E-state index in [1.165, 1.54) is 0 Å². The second kappa shape index (κ2) is 7.48. The van der Waals surface area contributed by atoms with E-state index in [1.54, 1.807) is 36.5 Å². The summed E-state index contributed by atoms with van der Waals surface area (Å²) in [6, 6.07) is 8.81. The van der Waals surface area contributed by atoms with Crippen molar-refractivity contribution in [1.82, 2.24) is 5.32 Å². The van der Waals surface area contributed by atoms with Crippen LogP contribution in [-0.2, 0) is 27.3 Å². The Morgan fingerprint density at radius 2 is 2.16 bits per heavy atom. The molecule has 1 aliphatic heterocycles. The third kappa shape index (κ3) is 4.24. The highest BCUT2D eigenvalue weighted by Gasteiger charge is 2.21. The van der Waals surface area contributed by atoms with Gasteiger partial charge in [-0.2, -0.15) is 0 Å². The predicted octanol–water partition coefficient (Wildman–Crippen LogP) is 2.49. The van der Waals surface area contributed by atoms with Gasteiger partial charge in [-0.1, -0.05) is 6.07 Å². The van der Waals surface area contributed by atoms with E-state index in [0.717, 1.165) is 16.1 Å². The number of anilines is 1. The first-order chi connectivity index (χ1) is 12.0. The second-order valence-corrected chi connectivity index (χ2v) is 6.80. The quantitative estimate of drug-likeness (QED) is 0.804. The summed E-state index contributed by atoms with van der Waals surface area (Å²) >= 11 is 1.55. The average Bonchev–Trinajstić information content (AvgIpc) is 3.12. The number of esters is 1. The van der Waals surface area contributed by atoms with Crippen LogP contribution in [0.5, 0.6) is 0 Å². The molecule has 1 atom stereocenters. The smallest absolute Gasteiger partial charge is 0.338 e. The molecule has 25 heavy (non-hydrogen) atoms. The summed E-state index contributed by atoms with van der Waals surface area (Å²) in [5.41, 5.74) is 1.98. The van der Waals surface area contributed by atoms with Crippen LogP contribution in [0.25, 0.3) is 0 Å². The van der Waals surface area contributed by atoms with Gasteiger partial charge in [0, 0.05) is 17.0 Å². The lowest BCUT2D eigenvalue weighted by molar-refractivity contribution is -0.129. The van der Waals surface area contributed by atoms with Crippen molar-refractivity contribution in [2.75, 3.05) is 5.32 Å². The first kappa shape index (κ1) is 17.2. The maximum Gasteiger partial charge on any atom is 0.338 e. The van der Waals surface area contributed by atoms with Crippen LogP contribution in [0, 0.1) is 0 Å². The molecule has 1 aromatic carbocycles. The first-order valence-electron chi connectivity index (χ1n) is 7.97. The molecule has 2 heterocycles. The molecule has 3 rings (SSSR count).